The van der Waals surface area contributed by atoms with Gasteiger partial charge in [-0.25, -0.2) is 4.68 Å². The van der Waals surface area contributed by atoms with Crippen molar-refractivity contribution in [2.24, 2.45) is 0 Å². The molecular formula is C15H15N3O2. The molecule has 102 valence electrons. The van der Waals surface area contributed by atoms with Crippen molar-refractivity contribution >= 4 is 0 Å². The fourth-order valence-corrected chi connectivity index (χ4v) is 1.87. The number of rotatable bonds is 4. The smallest absolute Gasteiger partial charge is 0.284 e. The Morgan fingerprint density at radius 1 is 1.30 bits per heavy atom. The lowest BCUT2D eigenvalue weighted by Gasteiger charge is -2.07. The number of hydrogen-bond donors (Lipinski definition) is 0. The van der Waals surface area contributed by atoms with Gasteiger partial charge >= 0.3 is 0 Å². The van der Waals surface area contributed by atoms with Crippen LogP contribution in [0.15, 0.2) is 35.1 Å². The average Bonchev–Trinajstić information content (AvgIpc) is 2.49. The molecule has 1 aromatic carbocycles. The second-order valence-corrected chi connectivity index (χ2v) is 4.13. The SMILES string of the molecule is CCOc1ccc(-c2cc(C#N)c(=O)n(CC)n2)cc1. The van der Waals surface area contributed by atoms with Crippen LogP contribution in [0.4, 0.5) is 0 Å². The van der Waals surface area contributed by atoms with Gasteiger partial charge in [-0.2, -0.15) is 10.4 Å². The second-order valence-electron chi connectivity index (χ2n) is 4.13. The van der Waals surface area contributed by atoms with Gasteiger partial charge in [0.2, 0.25) is 0 Å². The molecule has 0 fully saturated rings. The normalized spacial score (nSPS) is 10.1. The molecule has 0 saturated carbocycles. The van der Waals surface area contributed by atoms with E-state index in [0.717, 1.165) is 11.3 Å². The van der Waals surface area contributed by atoms with Crippen molar-refractivity contribution in [3.63, 3.8) is 0 Å². The topological polar surface area (TPSA) is 67.9 Å². The third-order valence-corrected chi connectivity index (χ3v) is 2.86. The molecule has 0 N–H and O–H groups in total. The zero-order chi connectivity index (χ0) is 14.5. The highest BCUT2D eigenvalue weighted by atomic mass is 16.5. The number of benzene rings is 1. The summed E-state index contributed by atoms with van der Waals surface area (Å²) < 4.78 is 6.67. The van der Waals surface area contributed by atoms with Gasteiger partial charge < -0.3 is 4.74 Å². The predicted octanol–water partition coefficient (Wildman–Crippen LogP) is 2.20. The summed E-state index contributed by atoms with van der Waals surface area (Å²) in [6, 6.07) is 10.8. The Hall–Kier alpha value is -2.61. The lowest BCUT2D eigenvalue weighted by molar-refractivity contribution is 0.340. The minimum absolute atomic E-state index is 0.103. The summed E-state index contributed by atoms with van der Waals surface area (Å²) in [5, 5.41) is 13.3. The largest absolute Gasteiger partial charge is 0.494 e. The predicted molar refractivity (Wildman–Crippen MR) is 75.5 cm³/mol. The number of hydrogen-bond acceptors (Lipinski definition) is 4. The average molecular weight is 269 g/mol. The van der Waals surface area contributed by atoms with Crippen LogP contribution in [0.3, 0.4) is 0 Å². The van der Waals surface area contributed by atoms with Crippen LogP contribution in [0.2, 0.25) is 0 Å². The quantitative estimate of drug-likeness (QED) is 0.853. The van der Waals surface area contributed by atoms with E-state index in [1.165, 1.54) is 10.7 Å². The lowest BCUT2D eigenvalue weighted by Crippen LogP contribution is -2.24. The van der Waals surface area contributed by atoms with Crippen molar-refractivity contribution in [1.29, 1.82) is 5.26 Å². The summed E-state index contributed by atoms with van der Waals surface area (Å²) in [5.41, 5.74) is 1.19. The minimum Gasteiger partial charge on any atom is -0.494 e. The van der Waals surface area contributed by atoms with E-state index in [4.69, 9.17) is 10.00 Å². The maximum Gasteiger partial charge on any atom is 0.284 e. The van der Waals surface area contributed by atoms with Crippen LogP contribution in [-0.2, 0) is 6.54 Å². The fraction of sp³-hybridized carbons (Fsp3) is 0.267. The van der Waals surface area contributed by atoms with Gasteiger partial charge in [0.05, 0.1) is 12.3 Å². The number of aromatic nitrogens is 2. The van der Waals surface area contributed by atoms with Crippen LogP contribution in [0, 0.1) is 11.3 Å². The zero-order valence-corrected chi connectivity index (χ0v) is 11.5. The van der Waals surface area contributed by atoms with Crippen molar-refractivity contribution in [2.75, 3.05) is 6.61 Å². The summed E-state index contributed by atoms with van der Waals surface area (Å²) in [7, 11) is 0. The first kappa shape index (κ1) is 13.8. The Bertz CT molecular complexity index is 697. The van der Waals surface area contributed by atoms with Crippen molar-refractivity contribution in [1.82, 2.24) is 9.78 Å². The van der Waals surface area contributed by atoms with Gasteiger partial charge in [0.25, 0.3) is 5.56 Å². The molecule has 0 aliphatic carbocycles. The highest BCUT2D eigenvalue weighted by molar-refractivity contribution is 5.61. The van der Waals surface area contributed by atoms with E-state index in [1.807, 2.05) is 44.2 Å². The van der Waals surface area contributed by atoms with Crippen LogP contribution < -0.4 is 10.3 Å². The van der Waals surface area contributed by atoms with Gasteiger partial charge in [0.1, 0.15) is 17.4 Å². The maximum absolute atomic E-state index is 11.8. The van der Waals surface area contributed by atoms with E-state index in [0.29, 0.717) is 18.8 Å². The number of ether oxygens (including phenoxy) is 1. The molecule has 5 heteroatoms. The van der Waals surface area contributed by atoms with Crippen molar-refractivity contribution in [3.05, 3.63) is 46.2 Å². The molecule has 2 aromatic rings. The molecule has 1 aromatic heterocycles. The Morgan fingerprint density at radius 2 is 2.00 bits per heavy atom. The molecule has 0 radical (unpaired) electrons. The van der Waals surface area contributed by atoms with Crippen molar-refractivity contribution in [2.45, 2.75) is 20.4 Å². The Morgan fingerprint density at radius 3 is 2.55 bits per heavy atom. The van der Waals surface area contributed by atoms with Crippen LogP contribution in [0.25, 0.3) is 11.3 Å². The molecule has 0 saturated heterocycles. The maximum atomic E-state index is 11.8. The summed E-state index contributed by atoms with van der Waals surface area (Å²) in [6.45, 7) is 4.78. The third kappa shape index (κ3) is 2.69. The molecule has 0 unspecified atom stereocenters. The molecule has 0 aliphatic heterocycles. The molecule has 20 heavy (non-hydrogen) atoms. The van der Waals surface area contributed by atoms with Crippen LogP contribution in [-0.4, -0.2) is 16.4 Å². The molecule has 0 bridgehead atoms. The van der Waals surface area contributed by atoms with Crippen LogP contribution in [0.1, 0.15) is 19.4 Å². The van der Waals surface area contributed by atoms with Gasteiger partial charge in [0.15, 0.2) is 0 Å². The summed E-state index contributed by atoms with van der Waals surface area (Å²) in [6.07, 6.45) is 0. The zero-order valence-electron chi connectivity index (χ0n) is 11.5. The minimum atomic E-state index is -0.357. The van der Waals surface area contributed by atoms with Crippen molar-refractivity contribution < 1.29 is 4.74 Å². The van der Waals surface area contributed by atoms with E-state index in [-0.39, 0.29) is 11.1 Å². The second kappa shape index (κ2) is 6.02. The Kier molecular flexibility index (Phi) is 4.16. The molecular weight excluding hydrogens is 254 g/mol. The molecule has 1 heterocycles. The summed E-state index contributed by atoms with van der Waals surface area (Å²) in [5.74, 6) is 0.778. The number of aryl methyl sites for hydroxylation is 1. The number of nitriles is 1. The van der Waals surface area contributed by atoms with Gasteiger partial charge in [-0.05, 0) is 44.2 Å². The third-order valence-electron chi connectivity index (χ3n) is 2.86. The highest BCUT2D eigenvalue weighted by Crippen LogP contribution is 2.20. The first-order chi connectivity index (χ1) is 9.69. The van der Waals surface area contributed by atoms with Gasteiger partial charge in [-0.1, -0.05) is 0 Å². The highest BCUT2D eigenvalue weighted by Gasteiger charge is 2.08. The van der Waals surface area contributed by atoms with Gasteiger partial charge in [-0.3, -0.25) is 4.79 Å². The number of nitrogens with zero attached hydrogens (tertiary/aromatic N) is 3. The summed E-state index contributed by atoms with van der Waals surface area (Å²) >= 11 is 0. The van der Waals surface area contributed by atoms with E-state index < -0.39 is 0 Å². The standard InChI is InChI=1S/C15H15N3O2/c1-3-18-15(19)12(10-16)9-14(17-18)11-5-7-13(8-6-11)20-4-2/h5-9H,3-4H2,1-2H3. The lowest BCUT2D eigenvalue weighted by atomic mass is 10.1. The van der Waals surface area contributed by atoms with E-state index in [9.17, 15) is 4.79 Å². The Labute approximate surface area is 117 Å². The van der Waals surface area contributed by atoms with Gasteiger partial charge in [-0.15, -0.1) is 0 Å². The Balaban J connectivity index is 2.47. The fourth-order valence-electron chi connectivity index (χ4n) is 1.87. The molecule has 0 aliphatic rings. The first-order valence-electron chi connectivity index (χ1n) is 6.45. The molecule has 0 atom stereocenters. The van der Waals surface area contributed by atoms with Crippen molar-refractivity contribution in [3.8, 4) is 23.1 Å². The molecule has 2 rings (SSSR count). The first-order valence-corrected chi connectivity index (χ1v) is 6.45. The summed E-state index contributed by atoms with van der Waals surface area (Å²) in [4.78, 5) is 11.8. The van der Waals surface area contributed by atoms with E-state index in [1.54, 1.807) is 0 Å². The van der Waals surface area contributed by atoms with Crippen LogP contribution in [0.5, 0.6) is 5.75 Å². The monoisotopic (exact) mass is 269 g/mol. The van der Waals surface area contributed by atoms with E-state index >= 15 is 0 Å². The molecule has 5 nitrogen and oxygen atoms in total. The van der Waals surface area contributed by atoms with E-state index in [2.05, 4.69) is 5.10 Å². The molecule has 0 spiro atoms. The van der Waals surface area contributed by atoms with Crippen LogP contribution >= 0.6 is 0 Å². The molecule has 0 amide bonds. The van der Waals surface area contributed by atoms with Gasteiger partial charge in [0, 0.05) is 12.1 Å².